The molecule has 0 saturated heterocycles. The van der Waals surface area contributed by atoms with Gasteiger partial charge < -0.3 is 5.32 Å². The molecule has 2 heteroatoms. The first-order valence-electron chi connectivity index (χ1n) is 6.52. The van der Waals surface area contributed by atoms with Crippen molar-refractivity contribution >= 4 is 11.6 Å². The van der Waals surface area contributed by atoms with Crippen molar-refractivity contribution in [2.24, 2.45) is 5.41 Å². The molecule has 1 aliphatic rings. The Morgan fingerprint density at radius 1 is 1.33 bits per heavy atom. The third kappa shape index (κ3) is 2.73. The van der Waals surface area contributed by atoms with Crippen LogP contribution in [0.5, 0.6) is 0 Å². The summed E-state index contributed by atoms with van der Waals surface area (Å²) in [6.45, 7) is 2.06. The van der Waals surface area contributed by atoms with Crippen molar-refractivity contribution in [3.63, 3.8) is 0 Å². The summed E-state index contributed by atoms with van der Waals surface area (Å²) < 4.78 is 0. The van der Waals surface area contributed by atoms with Gasteiger partial charge in [-0.3, -0.25) is 4.79 Å². The van der Waals surface area contributed by atoms with Gasteiger partial charge in [-0.15, -0.1) is 6.42 Å². The molecule has 0 aliphatic heterocycles. The molecule has 2 rings (SSSR count). The zero-order valence-electron chi connectivity index (χ0n) is 10.8. The number of amides is 1. The Morgan fingerprint density at radius 3 is 2.72 bits per heavy atom. The maximum absolute atomic E-state index is 12.3. The lowest BCUT2D eigenvalue weighted by Gasteiger charge is -2.32. The molecule has 18 heavy (non-hydrogen) atoms. The standard InChI is InChI=1S/C16H19NO/c1-3-13-8-7-9-14(12-13)17-15(18)16(2)10-5-4-6-11-16/h1,7-9,12H,4-6,10-11H2,2H3,(H,17,18). The van der Waals surface area contributed by atoms with Crippen LogP contribution in [0, 0.1) is 17.8 Å². The maximum atomic E-state index is 12.3. The molecule has 0 heterocycles. The largest absolute Gasteiger partial charge is 0.326 e. The van der Waals surface area contributed by atoms with E-state index in [-0.39, 0.29) is 11.3 Å². The minimum Gasteiger partial charge on any atom is -0.326 e. The molecule has 0 aromatic heterocycles. The monoisotopic (exact) mass is 241 g/mol. The van der Waals surface area contributed by atoms with Gasteiger partial charge in [-0.05, 0) is 31.0 Å². The van der Waals surface area contributed by atoms with Gasteiger partial charge >= 0.3 is 0 Å². The van der Waals surface area contributed by atoms with Crippen molar-refractivity contribution in [3.8, 4) is 12.3 Å². The number of hydrogen-bond acceptors (Lipinski definition) is 1. The lowest BCUT2D eigenvalue weighted by molar-refractivity contribution is -0.126. The molecule has 0 bridgehead atoms. The van der Waals surface area contributed by atoms with Crippen LogP contribution in [0.2, 0.25) is 0 Å². The van der Waals surface area contributed by atoms with Crippen LogP contribution in [-0.4, -0.2) is 5.91 Å². The highest BCUT2D eigenvalue weighted by Gasteiger charge is 2.34. The molecule has 2 nitrogen and oxygen atoms in total. The quantitative estimate of drug-likeness (QED) is 0.788. The summed E-state index contributed by atoms with van der Waals surface area (Å²) in [7, 11) is 0. The van der Waals surface area contributed by atoms with E-state index in [0.717, 1.165) is 36.9 Å². The van der Waals surface area contributed by atoms with Crippen molar-refractivity contribution in [2.75, 3.05) is 5.32 Å². The Hall–Kier alpha value is -1.75. The van der Waals surface area contributed by atoms with Crippen LogP contribution in [0.4, 0.5) is 5.69 Å². The van der Waals surface area contributed by atoms with Gasteiger partial charge in [0.2, 0.25) is 5.91 Å². The lowest BCUT2D eigenvalue weighted by atomic mass is 9.75. The molecule has 0 unspecified atom stereocenters. The Bertz CT molecular complexity index is 478. The second-order valence-corrected chi connectivity index (χ2v) is 5.30. The van der Waals surface area contributed by atoms with Crippen LogP contribution in [-0.2, 0) is 4.79 Å². The van der Waals surface area contributed by atoms with E-state index in [9.17, 15) is 4.79 Å². The highest BCUT2D eigenvalue weighted by atomic mass is 16.2. The average Bonchev–Trinajstić information content (AvgIpc) is 2.40. The molecule has 1 fully saturated rings. The zero-order valence-corrected chi connectivity index (χ0v) is 10.8. The Morgan fingerprint density at radius 2 is 2.06 bits per heavy atom. The van der Waals surface area contributed by atoms with Gasteiger partial charge in [0.1, 0.15) is 0 Å². The Balaban J connectivity index is 2.08. The Kier molecular flexibility index (Phi) is 3.72. The average molecular weight is 241 g/mol. The van der Waals surface area contributed by atoms with Gasteiger partial charge in [0, 0.05) is 16.7 Å². The third-order valence-corrected chi connectivity index (χ3v) is 3.79. The van der Waals surface area contributed by atoms with Crippen molar-refractivity contribution < 1.29 is 4.79 Å². The molecular formula is C16H19NO. The van der Waals surface area contributed by atoms with Crippen molar-refractivity contribution in [1.82, 2.24) is 0 Å². The van der Waals surface area contributed by atoms with Crippen LogP contribution < -0.4 is 5.32 Å². The number of anilines is 1. The van der Waals surface area contributed by atoms with Crippen molar-refractivity contribution in [2.45, 2.75) is 39.0 Å². The predicted octanol–water partition coefficient (Wildman–Crippen LogP) is 3.58. The molecular weight excluding hydrogens is 222 g/mol. The topological polar surface area (TPSA) is 29.1 Å². The van der Waals surface area contributed by atoms with Gasteiger partial charge in [0.05, 0.1) is 0 Å². The number of hydrogen-bond donors (Lipinski definition) is 1. The second kappa shape index (κ2) is 5.27. The molecule has 0 spiro atoms. The summed E-state index contributed by atoms with van der Waals surface area (Å²) >= 11 is 0. The number of carbonyl (C=O) groups is 1. The highest BCUT2D eigenvalue weighted by molar-refractivity contribution is 5.95. The van der Waals surface area contributed by atoms with Crippen LogP contribution in [0.1, 0.15) is 44.6 Å². The van der Waals surface area contributed by atoms with E-state index < -0.39 is 0 Å². The summed E-state index contributed by atoms with van der Waals surface area (Å²) in [6.07, 6.45) is 10.9. The molecule has 1 aromatic rings. The van der Waals surface area contributed by atoms with E-state index in [2.05, 4.69) is 18.2 Å². The molecule has 1 aliphatic carbocycles. The molecule has 94 valence electrons. The Labute approximate surface area is 109 Å². The third-order valence-electron chi connectivity index (χ3n) is 3.79. The van der Waals surface area contributed by atoms with Gasteiger partial charge in [-0.25, -0.2) is 0 Å². The minimum atomic E-state index is -0.218. The molecule has 1 aromatic carbocycles. The number of rotatable bonds is 2. The first kappa shape index (κ1) is 12.7. The highest BCUT2D eigenvalue weighted by Crippen LogP contribution is 2.36. The molecule has 1 amide bonds. The first-order valence-corrected chi connectivity index (χ1v) is 6.52. The van der Waals surface area contributed by atoms with Gasteiger partial charge in [-0.1, -0.05) is 38.2 Å². The van der Waals surface area contributed by atoms with Crippen LogP contribution in [0.15, 0.2) is 24.3 Å². The number of terminal acetylenes is 1. The molecule has 0 atom stereocenters. The fourth-order valence-electron chi connectivity index (χ4n) is 2.53. The fourth-order valence-corrected chi connectivity index (χ4v) is 2.53. The summed E-state index contributed by atoms with van der Waals surface area (Å²) in [5, 5.41) is 2.99. The van der Waals surface area contributed by atoms with E-state index in [1.807, 2.05) is 24.3 Å². The van der Waals surface area contributed by atoms with Gasteiger partial charge in [0.25, 0.3) is 0 Å². The van der Waals surface area contributed by atoms with Gasteiger partial charge in [0.15, 0.2) is 0 Å². The molecule has 1 N–H and O–H groups in total. The number of benzene rings is 1. The minimum absolute atomic E-state index is 0.122. The van der Waals surface area contributed by atoms with Crippen LogP contribution >= 0.6 is 0 Å². The lowest BCUT2D eigenvalue weighted by Crippen LogP contribution is -2.35. The van der Waals surface area contributed by atoms with Crippen molar-refractivity contribution in [3.05, 3.63) is 29.8 Å². The predicted molar refractivity (Wildman–Crippen MR) is 74.2 cm³/mol. The van der Waals surface area contributed by atoms with E-state index in [0.29, 0.717) is 0 Å². The SMILES string of the molecule is C#Cc1cccc(NC(=O)C2(C)CCCCC2)c1. The van der Waals surface area contributed by atoms with Gasteiger partial charge in [-0.2, -0.15) is 0 Å². The maximum Gasteiger partial charge on any atom is 0.230 e. The molecule has 1 saturated carbocycles. The van der Waals surface area contributed by atoms with E-state index in [1.165, 1.54) is 6.42 Å². The summed E-state index contributed by atoms with van der Waals surface area (Å²) in [4.78, 5) is 12.3. The van der Waals surface area contributed by atoms with Crippen LogP contribution in [0.3, 0.4) is 0 Å². The number of carbonyl (C=O) groups excluding carboxylic acids is 1. The van der Waals surface area contributed by atoms with Crippen LogP contribution in [0.25, 0.3) is 0 Å². The molecule has 0 radical (unpaired) electrons. The van der Waals surface area contributed by atoms with E-state index in [4.69, 9.17) is 6.42 Å². The normalized spacial score (nSPS) is 17.8. The first-order chi connectivity index (χ1) is 8.64. The van der Waals surface area contributed by atoms with Crippen molar-refractivity contribution in [1.29, 1.82) is 0 Å². The van der Waals surface area contributed by atoms with E-state index >= 15 is 0 Å². The summed E-state index contributed by atoms with van der Waals surface area (Å²) in [5.74, 6) is 2.70. The smallest absolute Gasteiger partial charge is 0.230 e. The second-order valence-electron chi connectivity index (χ2n) is 5.30. The summed E-state index contributed by atoms with van der Waals surface area (Å²) in [6, 6.07) is 7.45. The van der Waals surface area contributed by atoms with E-state index in [1.54, 1.807) is 0 Å². The number of nitrogens with one attached hydrogen (secondary N) is 1. The fraction of sp³-hybridized carbons (Fsp3) is 0.438. The zero-order chi connectivity index (χ0) is 13.0. The summed E-state index contributed by atoms with van der Waals surface area (Å²) in [5.41, 5.74) is 1.37.